The van der Waals surface area contributed by atoms with Crippen molar-refractivity contribution in [2.45, 2.75) is 25.9 Å². The van der Waals surface area contributed by atoms with Gasteiger partial charge in [-0.3, -0.25) is 15.0 Å². The molecule has 1 heterocycles. The summed E-state index contributed by atoms with van der Waals surface area (Å²) >= 11 is 0. The van der Waals surface area contributed by atoms with Crippen LogP contribution < -0.4 is 10.6 Å². The van der Waals surface area contributed by atoms with Crippen LogP contribution in [0.1, 0.15) is 30.5 Å². The maximum atomic E-state index is 10.8. The molecule has 0 aliphatic carbocycles. The topological polar surface area (TPSA) is 92.0 Å². The van der Waals surface area contributed by atoms with Crippen LogP contribution in [0.2, 0.25) is 0 Å². The number of ether oxygens (including phenoxy) is 1. The van der Waals surface area contributed by atoms with Gasteiger partial charge in [0.2, 0.25) is 0 Å². The summed E-state index contributed by atoms with van der Waals surface area (Å²) in [6.07, 6.45) is 1.01. The fraction of sp³-hybridized carbons (Fsp3) is 0.435. The molecule has 1 saturated heterocycles. The molecule has 2 aromatic rings. The summed E-state index contributed by atoms with van der Waals surface area (Å²) in [5.74, 6) is 0.733. The van der Waals surface area contributed by atoms with Gasteiger partial charge in [-0.2, -0.15) is 0 Å². The molecule has 0 aromatic heterocycles. The Kier molecular flexibility index (Phi) is 8.81. The highest BCUT2D eigenvalue weighted by Crippen LogP contribution is 2.13. The van der Waals surface area contributed by atoms with Gasteiger partial charge in [0.15, 0.2) is 5.96 Å². The van der Waals surface area contributed by atoms with Crippen molar-refractivity contribution >= 4 is 11.6 Å². The largest absolute Gasteiger partial charge is 0.379 e. The molecule has 3 rings (SSSR count). The van der Waals surface area contributed by atoms with E-state index in [2.05, 4.69) is 34.6 Å². The first-order chi connectivity index (χ1) is 15.1. The predicted molar refractivity (Wildman–Crippen MR) is 122 cm³/mol. The maximum absolute atomic E-state index is 10.8. The average Bonchev–Trinajstić information content (AvgIpc) is 2.81. The van der Waals surface area contributed by atoms with E-state index in [0.29, 0.717) is 6.54 Å². The first kappa shape index (κ1) is 22.7. The molecule has 1 aliphatic rings. The van der Waals surface area contributed by atoms with Crippen LogP contribution in [0.4, 0.5) is 5.69 Å². The Hall–Kier alpha value is -2.97. The lowest BCUT2D eigenvalue weighted by Crippen LogP contribution is -2.41. The third kappa shape index (κ3) is 7.66. The van der Waals surface area contributed by atoms with Crippen molar-refractivity contribution in [3.05, 3.63) is 75.8 Å². The molecule has 8 heteroatoms. The van der Waals surface area contributed by atoms with E-state index in [-0.39, 0.29) is 11.7 Å². The highest BCUT2D eigenvalue weighted by Gasteiger charge is 2.11. The second-order valence-corrected chi connectivity index (χ2v) is 7.60. The van der Waals surface area contributed by atoms with E-state index in [4.69, 9.17) is 9.73 Å². The van der Waals surface area contributed by atoms with Crippen molar-refractivity contribution < 1.29 is 9.66 Å². The molecule has 1 fully saturated rings. The molecule has 166 valence electrons. The number of non-ortho nitro benzene ring substituents is 1. The van der Waals surface area contributed by atoms with Gasteiger partial charge in [-0.25, -0.2) is 4.99 Å². The van der Waals surface area contributed by atoms with E-state index in [1.807, 2.05) is 18.2 Å². The number of guanidine groups is 1. The fourth-order valence-electron chi connectivity index (χ4n) is 3.41. The molecule has 0 bridgehead atoms. The minimum absolute atomic E-state index is 0.0880. The van der Waals surface area contributed by atoms with Gasteiger partial charge in [0.25, 0.3) is 5.69 Å². The maximum Gasteiger partial charge on any atom is 0.269 e. The first-order valence-corrected chi connectivity index (χ1v) is 10.7. The van der Waals surface area contributed by atoms with Crippen molar-refractivity contribution in [3.8, 4) is 0 Å². The normalized spacial score (nSPS) is 16.0. The van der Waals surface area contributed by atoms with E-state index in [1.165, 1.54) is 17.7 Å². The minimum atomic E-state index is -0.391. The van der Waals surface area contributed by atoms with Crippen LogP contribution in [0.5, 0.6) is 0 Å². The summed E-state index contributed by atoms with van der Waals surface area (Å²) in [4.78, 5) is 17.6. The molecule has 0 radical (unpaired) electrons. The molecule has 1 atom stereocenters. The molecular weight excluding hydrogens is 394 g/mol. The highest BCUT2D eigenvalue weighted by atomic mass is 16.6. The van der Waals surface area contributed by atoms with Crippen molar-refractivity contribution in [1.82, 2.24) is 15.5 Å². The molecule has 0 saturated carbocycles. The lowest BCUT2D eigenvalue weighted by Gasteiger charge is -2.26. The van der Waals surface area contributed by atoms with Crippen LogP contribution in [-0.4, -0.2) is 55.2 Å². The highest BCUT2D eigenvalue weighted by molar-refractivity contribution is 5.80. The van der Waals surface area contributed by atoms with Gasteiger partial charge in [0.1, 0.15) is 0 Å². The number of nitrogens with one attached hydrogen (secondary N) is 2. The van der Waals surface area contributed by atoms with E-state index >= 15 is 0 Å². The van der Waals surface area contributed by atoms with Gasteiger partial charge < -0.3 is 15.4 Å². The number of nitrogens with zero attached hydrogens (tertiary/aromatic N) is 3. The molecule has 0 spiro atoms. The standard InChI is InChI=1S/C23H31N5O3/c1-19(21-6-3-2-4-7-21)26-23(24-12-5-13-27-14-16-31-17-15-27)25-18-20-8-10-22(11-9-20)28(29)30/h2-4,6-11,19H,5,12-18H2,1H3,(H2,24,25,26). The van der Waals surface area contributed by atoms with E-state index in [1.54, 1.807) is 12.1 Å². The Morgan fingerprint density at radius 1 is 1.16 bits per heavy atom. The Bertz CT molecular complexity index is 836. The Labute approximate surface area is 183 Å². The zero-order valence-corrected chi connectivity index (χ0v) is 18.0. The molecule has 31 heavy (non-hydrogen) atoms. The number of morpholine rings is 1. The SMILES string of the molecule is CC(NC(=NCc1ccc([N+](=O)[O-])cc1)NCCCN1CCOCC1)c1ccccc1. The van der Waals surface area contributed by atoms with Crippen LogP contribution in [0.25, 0.3) is 0 Å². The first-order valence-electron chi connectivity index (χ1n) is 10.7. The number of nitro groups is 1. The summed E-state index contributed by atoms with van der Waals surface area (Å²) in [6.45, 7) is 7.99. The van der Waals surface area contributed by atoms with Crippen LogP contribution in [0, 0.1) is 10.1 Å². The van der Waals surface area contributed by atoms with E-state index < -0.39 is 4.92 Å². The molecule has 2 N–H and O–H groups in total. The molecule has 8 nitrogen and oxygen atoms in total. The predicted octanol–water partition coefficient (Wildman–Crippen LogP) is 3.11. The van der Waals surface area contributed by atoms with Crippen molar-refractivity contribution in [2.24, 2.45) is 4.99 Å². The Morgan fingerprint density at radius 2 is 1.87 bits per heavy atom. The number of hydrogen-bond acceptors (Lipinski definition) is 5. The van der Waals surface area contributed by atoms with Crippen molar-refractivity contribution in [1.29, 1.82) is 0 Å². The fourth-order valence-corrected chi connectivity index (χ4v) is 3.41. The van der Waals surface area contributed by atoms with Crippen LogP contribution in [0.3, 0.4) is 0 Å². The summed E-state index contributed by atoms with van der Waals surface area (Å²) < 4.78 is 5.40. The molecule has 1 aliphatic heterocycles. The second-order valence-electron chi connectivity index (χ2n) is 7.60. The van der Waals surface area contributed by atoms with Crippen LogP contribution >= 0.6 is 0 Å². The Balaban J connectivity index is 1.58. The minimum Gasteiger partial charge on any atom is -0.379 e. The average molecular weight is 426 g/mol. The number of aliphatic imine (C=N–C) groups is 1. The van der Waals surface area contributed by atoms with Gasteiger partial charge in [-0.05, 0) is 31.0 Å². The summed E-state index contributed by atoms with van der Waals surface area (Å²) in [5.41, 5.74) is 2.19. The van der Waals surface area contributed by atoms with Crippen LogP contribution in [-0.2, 0) is 11.3 Å². The Morgan fingerprint density at radius 3 is 2.55 bits per heavy atom. The summed E-state index contributed by atoms with van der Waals surface area (Å²) in [6, 6.07) is 16.9. The zero-order chi connectivity index (χ0) is 21.9. The van der Waals surface area contributed by atoms with Crippen LogP contribution in [0.15, 0.2) is 59.6 Å². The van der Waals surface area contributed by atoms with Gasteiger partial charge in [0, 0.05) is 31.8 Å². The number of nitro benzene ring substituents is 1. The smallest absolute Gasteiger partial charge is 0.269 e. The second kappa shape index (κ2) is 12.0. The van der Waals surface area contributed by atoms with Crippen molar-refractivity contribution in [3.63, 3.8) is 0 Å². The zero-order valence-electron chi connectivity index (χ0n) is 18.0. The monoisotopic (exact) mass is 425 g/mol. The molecule has 0 amide bonds. The molecule has 2 aromatic carbocycles. The number of hydrogen-bond donors (Lipinski definition) is 2. The third-order valence-electron chi connectivity index (χ3n) is 5.27. The van der Waals surface area contributed by atoms with E-state index in [0.717, 1.165) is 57.3 Å². The van der Waals surface area contributed by atoms with Gasteiger partial charge in [-0.1, -0.05) is 42.5 Å². The van der Waals surface area contributed by atoms with Gasteiger partial charge in [-0.15, -0.1) is 0 Å². The van der Waals surface area contributed by atoms with Gasteiger partial charge in [0.05, 0.1) is 30.7 Å². The molecular formula is C23H31N5O3. The van der Waals surface area contributed by atoms with Gasteiger partial charge >= 0.3 is 0 Å². The van der Waals surface area contributed by atoms with Crippen molar-refractivity contribution in [2.75, 3.05) is 39.4 Å². The number of benzene rings is 2. The lowest BCUT2D eigenvalue weighted by atomic mass is 10.1. The summed E-state index contributed by atoms with van der Waals surface area (Å²) in [7, 11) is 0. The number of rotatable bonds is 9. The lowest BCUT2D eigenvalue weighted by molar-refractivity contribution is -0.384. The molecule has 1 unspecified atom stereocenters. The van der Waals surface area contributed by atoms with E-state index in [9.17, 15) is 10.1 Å². The quantitative estimate of drug-likeness (QED) is 0.211. The third-order valence-corrected chi connectivity index (χ3v) is 5.27. The summed E-state index contributed by atoms with van der Waals surface area (Å²) in [5, 5.41) is 17.7.